The molecule has 0 aromatic heterocycles. The third-order valence-electron chi connectivity index (χ3n) is 10.4. The monoisotopic (exact) mass is 623 g/mol. The minimum atomic E-state index is 0.359. The molecule has 4 heterocycles. The highest BCUT2D eigenvalue weighted by molar-refractivity contribution is 4.81. The molecule has 8 nitrogen and oxygen atoms in total. The van der Waals surface area contributed by atoms with Gasteiger partial charge in [-0.15, -0.1) is 0 Å². The lowest BCUT2D eigenvalue weighted by atomic mass is 9.95. The Balaban J connectivity index is 0.000000240. The number of likely N-dealkylation sites (tertiary alicyclic amines) is 2. The molecule has 4 rings (SSSR count). The van der Waals surface area contributed by atoms with E-state index >= 15 is 0 Å². The van der Waals surface area contributed by atoms with Crippen LogP contribution >= 0.6 is 0 Å². The van der Waals surface area contributed by atoms with Gasteiger partial charge in [-0.25, -0.2) is 0 Å². The van der Waals surface area contributed by atoms with Gasteiger partial charge in [-0.1, -0.05) is 0 Å². The topological polar surface area (TPSA) is 37.9 Å². The molecule has 0 aromatic carbocycles. The molecular weight excluding hydrogens is 548 g/mol. The first kappa shape index (κ1) is 38.1. The Morgan fingerprint density at radius 2 is 0.773 bits per heavy atom. The number of rotatable bonds is 14. The van der Waals surface area contributed by atoms with Crippen molar-refractivity contribution in [1.82, 2.24) is 29.4 Å². The van der Waals surface area contributed by atoms with Crippen LogP contribution in [0.25, 0.3) is 0 Å². The molecule has 4 fully saturated rings. The predicted molar refractivity (Wildman–Crippen MR) is 187 cm³/mol. The van der Waals surface area contributed by atoms with Gasteiger partial charge in [-0.3, -0.25) is 9.80 Å². The normalized spacial score (nSPS) is 23.7. The van der Waals surface area contributed by atoms with Crippen molar-refractivity contribution in [3.8, 4) is 0 Å². The second kappa shape index (κ2) is 20.8. The summed E-state index contributed by atoms with van der Waals surface area (Å²) in [5, 5.41) is 0. The molecule has 4 saturated heterocycles. The molecule has 4 aliphatic heterocycles. The minimum Gasteiger partial charge on any atom is -0.377 e. The second-order valence-electron chi connectivity index (χ2n) is 15.3. The highest BCUT2D eigenvalue weighted by atomic mass is 16.5. The number of ether oxygens (including phenoxy) is 2. The van der Waals surface area contributed by atoms with Crippen molar-refractivity contribution in [3.63, 3.8) is 0 Å². The number of piperazine rings is 2. The molecule has 4 aliphatic rings. The quantitative estimate of drug-likeness (QED) is 0.284. The van der Waals surface area contributed by atoms with Gasteiger partial charge in [0.25, 0.3) is 0 Å². The van der Waals surface area contributed by atoms with Gasteiger partial charge in [0, 0.05) is 90.6 Å². The molecule has 0 aromatic rings. The lowest BCUT2D eigenvalue weighted by molar-refractivity contribution is 0.0393. The standard InChI is InChI=1S/2C18H37N3O/c1-16(2)21-7-5-18(6-8-21)15-20-11-9-19(10-12-20)13-14-22-17(3)4;1-16(2)21-11-9-20(10-12-21)15-18-5-7-19(8-6-18)13-14-22-17(3)4/h2*16-18H,5-15H2,1-4H3. The zero-order valence-corrected chi connectivity index (χ0v) is 30.5. The van der Waals surface area contributed by atoms with Crippen molar-refractivity contribution in [2.75, 3.05) is 118 Å². The Bertz CT molecular complexity index is 645. The molecule has 44 heavy (non-hydrogen) atoms. The van der Waals surface area contributed by atoms with Gasteiger partial charge < -0.3 is 29.1 Å². The van der Waals surface area contributed by atoms with Crippen molar-refractivity contribution in [2.24, 2.45) is 11.8 Å². The largest absolute Gasteiger partial charge is 0.377 e. The van der Waals surface area contributed by atoms with E-state index in [4.69, 9.17) is 9.47 Å². The van der Waals surface area contributed by atoms with Crippen LogP contribution in [0.15, 0.2) is 0 Å². The lowest BCUT2D eigenvalue weighted by Crippen LogP contribution is -2.50. The third kappa shape index (κ3) is 15.1. The minimum absolute atomic E-state index is 0.359. The van der Waals surface area contributed by atoms with Gasteiger partial charge in [-0.05, 0) is 119 Å². The molecule has 0 atom stereocenters. The summed E-state index contributed by atoms with van der Waals surface area (Å²) >= 11 is 0. The van der Waals surface area contributed by atoms with Crippen molar-refractivity contribution in [1.29, 1.82) is 0 Å². The zero-order chi connectivity index (χ0) is 31.9. The fourth-order valence-electron chi connectivity index (χ4n) is 7.27. The summed E-state index contributed by atoms with van der Waals surface area (Å²) in [6.45, 7) is 39.4. The Labute approximate surface area is 273 Å². The molecule has 260 valence electrons. The van der Waals surface area contributed by atoms with Crippen LogP contribution < -0.4 is 0 Å². The first-order valence-corrected chi connectivity index (χ1v) is 18.7. The number of hydrogen-bond donors (Lipinski definition) is 0. The van der Waals surface area contributed by atoms with E-state index in [1.54, 1.807) is 0 Å². The molecule has 0 aliphatic carbocycles. The Morgan fingerprint density at radius 3 is 1.18 bits per heavy atom. The van der Waals surface area contributed by atoms with Gasteiger partial charge >= 0.3 is 0 Å². The summed E-state index contributed by atoms with van der Waals surface area (Å²) in [7, 11) is 0. The Hall–Kier alpha value is -0.320. The number of hydrogen-bond acceptors (Lipinski definition) is 8. The van der Waals surface area contributed by atoms with E-state index in [1.807, 2.05) is 0 Å². The van der Waals surface area contributed by atoms with Gasteiger partial charge in [-0.2, -0.15) is 0 Å². The van der Waals surface area contributed by atoms with Gasteiger partial charge in [0.05, 0.1) is 25.4 Å². The Morgan fingerprint density at radius 1 is 0.432 bits per heavy atom. The summed E-state index contributed by atoms with van der Waals surface area (Å²) in [5.41, 5.74) is 0. The van der Waals surface area contributed by atoms with Crippen molar-refractivity contribution in [3.05, 3.63) is 0 Å². The molecule has 0 amide bonds. The van der Waals surface area contributed by atoms with Gasteiger partial charge in [0.2, 0.25) is 0 Å². The zero-order valence-electron chi connectivity index (χ0n) is 30.5. The summed E-state index contributed by atoms with van der Waals surface area (Å²) < 4.78 is 11.3. The molecule has 0 saturated carbocycles. The van der Waals surface area contributed by atoms with Crippen LogP contribution in [0.4, 0.5) is 0 Å². The van der Waals surface area contributed by atoms with E-state index in [0.717, 1.165) is 44.2 Å². The summed E-state index contributed by atoms with van der Waals surface area (Å²) in [4.78, 5) is 15.8. The van der Waals surface area contributed by atoms with Crippen LogP contribution in [-0.2, 0) is 9.47 Å². The molecular formula is C36H74N6O2. The maximum Gasteiger partial charge on any atom is 0.0596 e. The van der Waals surface area contributed by atoms with E-state index in [-0.39, 0.29) is 0 Å². The molecule has 0 bridgehead atoms. The molecule has 8 heteroatoms. The average molecular weight is 623 g/mol. The van der Waals surface area contributed by atoms with E-state index in [1.165, 1.54) is 117 Å². The number of piperidine rings is 2. The van der Waals surface area contributed by atoms with E-state index in [9.17, 15) is 0 Å². The second-order valence-corrected chi connectivity index (χ2v) is 15.3. The molecule has 0 N–H and O–H groups in total. The fourth-order valence-corrected chi connectivity index (χ4v) is 7.27. The highest BCUT2D eigenvalue weighted by Crippen LogP contribution is 2.21. The summed E-state index contributed by atoms with van der Waals surface area (Å²) in [6, 6.07) is 1.43. The molecule has 0 spiro atoms. The average Bonchev–Trinajstić information content (AvgIpc) is 2.99. The van der Waals surface area contributed by atoms with Gasteiger partial charge in [0.1, 0.15) is 0 Å². The van der Waals surface area contributed by atoms with Crippen molar-refractivity contribution >= 4 is 0 Å². The summed E-state index contributed by atoms with van der Waals surface area (Å²) in [5.74, 6) is 1.83. The maximum absolute atomic E-state index is 5.67. The third-order valence-corrected chi connectivity index (χ3v) is 10.4. The first-order chi connectivity index (χ1) is 21.1. The van der Waals surface area contributed by atoms with Crippen LogP contribution in [0, 0.1) is 11.8 Å². The van der Waals surface area contributed by atoms with Crippen LogP contribution in [0.3, 0.4) is 0 Å². The van der Waals surface area contributed by atoms with E-state index in [2.05, 4.69) is 84.8 Å². The predicted octanol–water partition coefficient (Wildman–Crippen LogP) is 4.30. The maximum atomic E-state index is 5.67. The number of nitrogens with zero attached hydrogens (tertiary/aromatic N) is 6. The van der Waals surface area contributed by atoms with Crippen LogP contribution in [-0.4, -0.2) is 172 Å². The lowest BCUT2D eigenvalue weighted by Gasteiger charge is -2.40. The molecule has 0 radical (unpaired) electrons. The summed E-state index contributed by atoms with van der Waals surface area (Å²) in [6.07, 6.45) is 6.24. The van der Waals surface area contributed by atoms with E-state index < -0.39 is 0 Å². The highest BCUT2D eigenvalue weighted by Gasteiger charge is 2.26. The first-order valence-electron chi connectivity index (χ1n) is 18.7. The van der Waals surface area contributed by atoms with E-state index in [0.29, 0.717) is 18.2 Å². The van der Waals surface area contributed by atoms with Gasteiger partial charge in [0.15, 0.2) is 0 Å². The molecule has 0 unspecified atom stereocenters. The fraction of sp³-hybridized carbons (Fsp3) is 1.00. The smallest absolute Gasteiger partial charge is 0.0596 e. The van der Waals surface area contributed by atoms with Crippen LogP contribution in [0.5, 0.6) is 0 Å². The van der Waals surface area contributed by atoms with Crippen molar-refractivity contribution in [2.45, 2.75) is 105 Å². The van der Waals surface area contributed by atoms with Crippen molar-refractivity contribution < 1.29 is 9.47 Å². The Kier molecular flexibility index (Phi) is 18.0. The van der Waals surface area contributed by atoms with Crippen LogP contribution in [0.1, 0.15) is 81.1 Å². The van der Waals surface area contributed by atoms with Crippen LogP contribution in [0.2, 0.25) is 0 Å². The SMILES string of the molecule is CC(C)OCCN1CCC(CN2CCN(C(C)C)CC2)CC1.CC(C)OCCN1CCN(CC2CCN(C(C)C)CC2)CC1.